The van der Waals surface area contributed by atoms with E-state index >= 15 is 0 Å². The summed E-state index contributed by atoms with van der Waals surface area (Å²) in [4.78, 5) is 18.6. The molecule has 0 aliphatic carbocycles. The number of aliphatic hydroxyl groups is 1. The second-order valence-corrected chi connectivity index (χ2v) is 5.72. The Hall–Kier alpha value is -1.46. The Balaban J connectivity index is 1.81. The van der Waals surface area contributed by atoms with Crippen molar-refractivity contribution >= 4 is 5.91 Å². The van der Waals surface area contributed by atoms with Crippen LogP contribution in [-0.4, -0.2) is 52.3 Å². The van der Waals surface area contributed by atoms with Crippen LogP contribution >= 0.6 is 0 Å². The molecule has 1 aromatic rings. The number of carbonyl (C=O) groups excluding carboxylic acids is 1. The molecule has 0 bridgehead atoms. The first-order chi connectivity index (χ1) is 9.62. The van der Waals surface area contributed by atoms with E-state index in [0.717, 1.165) is 18.4 Å². The highest BCUT2D eigenvalue weighted by atomic mass is 16.5. The zero-order chi connectivity index (χ0) is 14.2. The molecule has 2 saturated heterocycles. The number of rotatable bonds is 1. The molecule has 108 valence electrons. The minimum atomic E-state index is -0.559. The molecule has 20 heavy (non-hydrogen) atoms. The smallest absolute Gasteiger partial charge is 0.272 e. The molecule has 3 rings (SSSR count). The summed E-state index contributed by atoms with van der Waals surface area (Å²) in [5, 5.41) is 10.2. The minimum Gasteiger partial charge on any atom is -0.390 e. The number of pyridine rings is 1. The first-order valence-electron chi connectivity index (χ1n) is 7.15. The maximum atomic E-state index is 12.6. The lowest BCUT2D eigenvalue weighted by Crippen LogP contribution is -2.58. The third kappa shape index (κ3) is 2.21. The number of hydrogen-bond donors (Lipinski definition) is 1. The fourth-order valence-electron chi connectivity index (χ4n) is 3.19. The van der Waals surface area contributed by atoms with Crippen molar-refractivity contribution in [3.8, 4) is 0 Å². The number of aliphatic hydroxyl groups excluding tert-OH is 1. The molecule has 2 aliphatic heterocycles. The molecule has 5 nitrogen and oxygen atoms in total. The molecular weight excluding hydrogens is 256 g/mol. The van der Waals surface area contributed by atoms with E-state index in [1.165, 1.54) is 0 Å². The number of likely N-dealkylation sites (tertiary alicyclic amines) is 1. The van der Waals surface area contributed by atoms with Gasteiger partial charge in [-0.05, 0) is 37.8 Å². The van der Waals surface area contributed by atoms with E-state index < -0.39 is 11.7 Å². The Morgan fingerprint density at radius 3 is 3.15 bits per heavy atom. The number of amides is 1. The lowest BCUT2D eigenvalue weighted by Gasteiger charge is -2.43. The van der Waals surface area contributed by atoms with Gasteiger partial charge in [0.15, 0.2) is 0 Å². The number of aromatic nitrogens is 1. The van der Waals surface area contributed by atoms with E-state index in [2.05, 4.69) is 4.98 Å². The Morgan fingerprint density at radius 1 is 1.60 bits per heavy atom. The molecule has 0 unspecified atom stereocenters. The lowest BCUT2D eigenvalue weighted by atomic mass is 9.87. The van der Waals surface area contributed by atoms with E-state index in [1.807, 2.05) is 19.1 Å². The van der Waals surface area contributed by atoms with Crippen molar-refractivity contribution in [2.75, 3.05) is 19.7 Å². The normalized spacial score (nSPS) is 29.9. The highest BCUT2D eigenvalue weighted by Crippen LogP contribution is 2.35. The van der Waals surface area contributed by atoms with Crippen LogP contribution in [0.2, 0.25) is 0 Å². The van der Waals surface area contributed by atoms with Gasteiger partial charge >= 0.3 is 0 Å². The number of piperidine rings is 1. The van der Waals surface area contributed by atoms with Gasteiger partial charge < -0.3 is 14.7 Å². The predicted molar refractivity (Wildman–Crippen MR) is 73.4 cm³/mol. The minimum absolute atomic E-state index is 0.0649. The quantitative estimate of drug-likeness (QED) is 0.835. The van der Waals surface area contributed by atoms with Crippen molar-refractivity contribution in [1.29, 1.82) is 0 Å². The van der Waals surface area contributed by atoms with Crippen LogP contribution in [0.3, 0.4) is 0 Å². The average Bonchev–Trinajstić information content (AvgIpc) is 2.91. The van der Waals surface area contributed by atoms with Crippen LogP contribution in [0, 0.1) is 6.92 Å². The van der Waals surface area contributed by atoms with E-state index in [-0.39, 0.29) is 5.91 Å². The molecule has 3 heterocycles. The van der Waals surface area contributed by atoms with E-state index in [4.69, 9.17) is 4.74 Å². The highest BCUT2D eigenvalue weighted by Gasteiger charge is 2.47. The Kier molecular flexibility index (Phi) is 3.48. The molecule has 0 radical (unpaired) electrons. The topological polar surface area (TPSA) is 62.7 Å². The molecule has 5 heteroatoms. The van der Waals surface area contributed by atoms with Gasteiger partial charge in [0.25, 0.3) is 5.91 Å². The second-order valence-electron chi connectivity index (χ2n) is 5.72. The van der Waals surface area contributed by atoms with Gasteiger partial charge in [-0.3, -0.25) is 9.78 Å². The average molecular weight is 276 g/mol. The van der Waals surface area contributed by atoms with Crippen LogP contribution in [-0.2, 0) is 4.74 Å². The van der Waals surface area contributed by atoms with Gasteiger partial charge in [-0.25, -0.2) is 0 Å². The van der Waals surface area contributed by atoms with Gasteiger partial charge in [0.05, 0.1) is 12.6 Å². The number of nitrogens with zero attached hydrogens (tertiary/aromatic N) is 2. The Morgan fingerprint density at radius 2 is 2.45 bits per heavy atom. The zero-order valence-corrected chi connectivity index (χ0v) is 11.7. The van der Waals surface area contributed by atoms with Crippen molar-refractivity contribution in [3.05, 3.63) is 29.6 Å². The molecule has 0 saturated carbocycles. The maximum absolute atomic E-state index is 12.6. The van der Waals surface area contributed by atoms with E-state index in [0.29, 0.717) is 31.8 Å². The first kappa shape index (κ1) is 13.5. The van der Waals surface area contributed by atoms with Crippen LogP contribution in [0.25, 0.3) is 0 Å². The zero-order valence-electron chi connectivity index (χ0n) is 11.7. The van der Waals surface area contributed by atoms with Gasteiger partial charge in [0, 0.05) is 19.3 Å². The molecule has 2 aliphatic rings. The largest absolute Gasteiger partial charge is 0.390 e. The van der Waals surface area contributed by atoms with Crippen LogP contribution in [0.15, 0.2) is 18.3 Å². The van der Waals surface area contributed by atoms with Crippen molar-refractivity contribution in [2.45, 2.75) is 37.9 Å². The predicted octanol–water partition coefficient (Wildman–Crippen LogP) is 1.15. The summed E-state index contributed by atoms with van der Waals surface area (Å²) >= 11 is 0. The van der Waals surface area contributed by atoms with Gasteiger partial charge in [0.2, 0.25) is 0 Å². The summed E-state index contributed by atoms with van der Waals surface area (Å²) in [5.74, 6) is -0.0649. The van der Waals surface area contributed by atoms with Crippen molar-refractivity contribution in [1.82, 2.24) is 9.88 Å². The molecule has 1 spiro atoms. The van der Waals surface area contributed by atoms with E-state index in [1.54, 1.807) is 11.1 Å². The summed E-state index contributed by atoms with van der Waals surface area (Å²) < 4.78 is 5.78. The van der Waals surface area contributed by atoms with Crippen LogP contribution in [0.1, 0.15) is 35.3 Å². The molecular formula is C15H20N2O3. The standard InChI is InChI=1S/C15H20N2O3/c1-11-4-2-7-16-13(11)14(19)17-8-5-12(18)15(10-17)6-3-9-20-15/h2,4,7,12,18H,3,5-6,8-10H2,1H3/t12-,15-/m0/s1. The molecule has 2 atom stereocenters. The van der Waals surface area contributed by atoms with Crippen LogP contribution in [0.4, 0.5) is 0 Å². The van der Waals surface area contributed by atoms with Crippen molar-refractivity contribution in [3.63, 3.8) is 0 Å². The molecule has 1 N–H and O–H groups in total. The van der Waals surface area contributed by atoms with E-state index in [9.17, 15) is 9.90 Å². The molecule has 2 fully saturated rings. The summed E-state index contributed by atoms with van der Waals surface area (Å²) in [6, 6.07) is 3.72. The summed E-state index contributed by atoms with van der Waals surface area (Å²) in [6.45, 7) is 3.58. The van der Waals surface area contributed by atoms with Gasteiger partial charge in [-0.15, -0.1) is 0 Å². The maximum Gasteiger partial charge on any atom is 0.272 e. The monoisotopic (exact) mass is 276 g/mol. The third-order valence-corrected chi connectivity index (χ3v) is 4.37. The summed E-state index contributed by atoms with van der Waals surface area (Å²) in [5.41, 5.74) is 0.818. The summed E-state index contributed by atoms with van der Waals surface area (Å²) in [7, 11) is 0. The molecule has 0 aromatic carbocycles. The SMILES string of the molecule is Cc1cccnc1C(=O)N1CC[C@H](O)[C@]2(CCCO2)C1. The van der Waals surface area contributed by atoms with Gasteiger partial charge in [0.1, 0.15) is 11.3 Å². The highest BCUT2D eigenvalue weighted by molar-refractivity contribution is 5.93. The third-order valence-electron chi connectivity index (χ3n) is 4.37. The Labute approximate surface area is 118 Å². The van der Waals surface area contributed by atoms with Crippen LogP contribution in [0.5, 0.6) is 0 Å². The lowest BCUT2D eigenvalue weighted by molar-refractivity contribution is -0.124. The van der Waals surface area contributed by atoms with Gasteiger partial charge in [-0.2, -0.15) is 0 Å². The van der Waals surface area contributed by atoms with Crippen molar-refractivity contribution < 1.29 is 14.6 Å². The second kappa shape index (κ2) is 5.14. The Bertz CT molecular complexity index is 512. The fourth-order valence-corrected chi connectivity index (χ4v) is 3.19. The number of ether oxygens (including phenoxy) is 1. The number of carbonyl (C=O) groups is 1. The van der Waals surface area contributed by atoms with Gasteiger partial charge in [-0.1, -0.05) is 6.07 Å². The summed E-state index contributed by atoms with van der Waals surface area (Å²) in [6.07, 6.45) is 3.50. The van der Waals surface area contributed by atoms with Crippen LogP contribution < -0.4 is 0 Å². The van der Waals surface area contributed by atoms with Crippen molar-refractivity contribution in [2.24, 2.45) is 0 Å². The first-order valence-corrected chi connectivity index (χ1v) is 7.15. The fraction of sp³-hybridized carbons (Fsp3) is 0.600. The molecule has 1 amide bonds. The molecule has 1 aromatic heterocycles. The number of hydrogen-bond acceptors (Lipinski definition) is 4. The number of aryl methyl sites for hydroxylation is 1.